The lowest BCUT2D eigenvalue weighted by atomic mass is 10.0. The van der Waals surface area contributed by atoms with E-state index in [4.69, 9.17) is 5.11 Å². The van der Waals surface area contributed by atoms with Gasteiger partial charge in [0.25, 0.3) is 0 Å². The first kappa shape index (κ1) is 14.4. The maximum atomic E-state index is 11.0. The molecule has 1 aromatic carbocycles. The van der Waals surface area contributed by atoms with Crippen molar-refractivity contribution in [3.05, 3.63) is 46.5 Å². The van der Waals surface area contributed by atoms with Crippen LogP contribution in [0.5, 0.6) is 0 Å². The number of rotatable bonds is 2. The monoisotopic (exact) mass is 327 g/mol. The molecule has 2 N–H and O–H groups in total. The molecule has 2 aliphatic rings. The number of fused-ring (bicyclic) bond motifs is 3. The molecule has 0 saturated heterocycles. The SMILES string of the molecule is CC1(N2CCc3c(sc4ccccc34)C2)N=CC(C(=O)O)=CN1. The second-order valence-corrected chi connectivity index (χ2v) is 7.14. The van der Waals surface area contributed by atoms with Gasteiger partial charge in [0, 0.05) is 35.1 Å². The van der Waals surface area contributed by atoms with Crippen molar-refractivity contribution in [1.29, 1.82) is 0 Å². The molecule has 2 aromatic rings. The van der Waals surface area contributed by atoms with Gasteiger partial charge in [-0.2, -0.15) is 0 Å². The molecule has 4 rings (SSSR count). The van der Waals surface area contributed by atoms with Crippen LogP contribution in [0.25, 0.3) is 10.1 Å². The lowest BCUT2D eigenvalue weighted by molar-refractivity contribution is -0.132. The molecule has 2 aliphatic heterocycles. The van der Waals surface area contributed by atoms with Crippen LogP contribution in [0, 0.1) is 0 Å². The molecule has 1 aromatic heterocycles. The van der Waals surface area contributed by atoms with E-state index in [1.54, 1.807) is 0 Å². The van der Waals surface area contributed by atoms with Gasteiger partial charge in [0.1, 0.15) is 0 Å². The average Bonchev–Trinajstić information content (AvgIpc) is 2.93. The number of hydrogen-bond acceptors (Lipinski definition) is 5. The zero-order valence-electron chi connectivity index (χ0n) is 12.7. The molecule has 1 atom stereocenters. The van der Waals surface area contributed by atoms with Gasteiger partial charge in [0.2, 0.25) is 0 Å². The van der Waals surface area contributed by atoms with Crippen LogP contribution in [-0.2, 0) is 17.8 Å². The van der Waals surface area contributed by atoms with Crippen molar-refractivity contribution < 1.29 is 9.90 Å². The van der Waals surface area contributed by atoms with Gasteiger partial charge >= 0.3 is 5.97 Å². The Hall–Kier alpha value is -2.18. The minimum atomic E-state index is -0.964. The van der Waals surface area contributed by atoms with Gasteiger partial charge in [0.15, 0.2) is 5.79 Å². The molecule has 6 heteroatoms. The van der Waals surface area contributed by atoms with Gasteiger partial charge in [-0.3, -0.25) is 4.90 Å². The first-order chi connectivity index (χ1) is 11.1. The fourth-order valence-corrected chi connectivity index (χ4v) is 4.47. The third kappa shape index (κ3) is 2.34. The van der Waals surface area contributed by atoms with Crippen LogP contribution >= 0.6 is 11.3 Å². The van der Waals surface area contributed by atoms with Crippen molar-refractivity contribution in [3.8, 4) is 0 Å². The second kappa shape index (κ2) is 5.18. The number of carboxylic acids is 1. The number of aliphatic imine (C=N–C) groups is 1. The van der Waals surface area contributed by atoms with E-state index < -0.39 is 11.8 Å². The van der Waals surface area contributed by atoms with Crippen LogP contribution in [0.3, 0.4) is 0 Å². The fourth-order valence-electron chi connectivity index (χ4n) is 3.20. The van der Waals surface area contributed by atoms with Crippen molar-refractivity contribution in [2.45, 2.75) is 25.7 Å². The van der Waals surface area contributed by atoms with E-state index in [-0.39, 0.29) is 5.57 Å². The molecule has 118 valence electrons. The molecule has 0 saturated carbocycles. The van der Waals surface area contributed by atoms with Crippen LogP contribution in [0.4, 0.5) is 0 Å². The van der Waals surface area contributed by atoms with E-state index in [1.807, 2.05) is 18.3 Å². The highest BCUT2D eigenvalue weighted by molar-refractivity contribution is 7.19. The predicted molar refractivity (Wildman–Crippen MR) is 91.7 cm³/mol. The molecule has 1 unspecified atom stereocenters. The molecular weight excluding hydrogens is 310 g/mol. The molecule has 0 spiro atoms. The molecule has 3 heterocycles. The Balaban J connectivity index is 1.61. The maximum absolute atomic E-state index is 11.0. The summed E-state index contributed by atoms with van der Waals surface area (Å²) >= 11 is 1.84. The molecular formula is C17H17N3O2S. The molecule has 0 bridgehead atoms. The van der Waals surface area contributed by atoms with Crippen molar-refractivity contribution in [2.75, 3.05) is 6.54 Å². The van der Waals surface area contributed by atoms with Crippen LogP contribution < -0.4 is 5.32 Å². The lowest BCUT2D eigenvalue weighted by Gasteiger charge is -2.41. The number of benzene rings is 1. The highest BCUT2D eigenvalue weighted by Crippen LogP contribution is 2.37. The largest absolute Gasteiger partial charge is 0.478 e. The Morgan fingerprint density at radius 1 is 1.43 bits per heavy atom. The average molecular weight is 327 g/mol. The molecule has 0 amide bonds. The lowest BCUT2D eigenvalue weighted by Crippen LogP contribution is -2.56. The Morgan fingerprint density at radius 2 is 2.26 bits per heavy atom. The van der Waals surface area contributed by atoms with Gasteiger partial charge in [-0.05, 0) is 30.4 Å². The highest BCUT2D eigenvalue weighted by atomic mass is 32.1. The van der Waals surface area contributed by atoms with Crippen molar-refractivity contribution >= 4 is 33.6 Å². The van der Waals surface area contributed by atoms with E-state index in [0.717, 1.165) is 19.5 Å². The number of carboxylic acid groups (broad SMARTS) is 1. The fraction of sp³-hybridized carbons (Fsp3) is 0.294. The van der Waals surface area contributed by atoms with Gasteiger partial charge in [0.05, 0.1) is 5.57 Å². The first-order valence-corrected chi connectivity index (χ1v) is 8.39. The van der Waals surface area contributed by atoms with Gasteiger partial charge < -0.3 is 10.4 Å². The summed E-state index contributed by atoms with van der Waals surface area (Å²) < 4.78 is 1.33. The summed E-state index contributed by atoms with van der Waals surface area (Å²) in [5.41, 5.74) is 1.63. The van der Waals surface area contributed by atoms with Gasteiger partial charge in [-0.25, -0.2) is 9.79 Å². The summed E-state index contributed by atoms with van der Waals surface area (Å²) in [4.78, 5) is 19.1. The molecule has 0 aliphatic carbocycles. The zero-order valence-corrected chi connectivity index (χ0v) is 13.6. The van der Waals surface area contributed by atoms with Gasteiger partial charge in [-0.15, -0.1) is 11.3 Å². The Labute approximate surface area is 137 Å². The summed E-state index contributed by atoms with van der Waals surface area (Å²) in [5.74, 6) is -1.55. The van der Waals surface area contributed by atoms with Crippen molar-refractivity contribution in [3.63, 3.8) is 0 Å². The third-order valence-corrected chi connectivity index (χ3v) is 5.76. The Morgan fingerprint density at radius 3 is 3.00 bits per heavy atom. The summed E-state index contributed by atoms with van der Waals surface area (Å²) in [6, 6.07) is 8.53. The smallest absolute Gasteiger partial charge is 0.338 e. The first-order valence-electron chi connectivity index (χ1n) is 7.57. The normalized spacial score (nSPS) is 24.1. The quantitative estimate of drug-likeness (QED) is 0.890. The summed E-state index contributed by atoms with van der Waals surface area (Å²) in [6.07, 6.45) is 3.97. The maximum Gasteiger partial charge on any atom is 0.338 e. The number of thiophene rings is 1. The molecule has 0 fully saturated rings. The molecule has 23 heavy (non-hydrogen) atoms. The number of nitrogens with zero attached hydrogens (tertiary/aromatic N) is 2. The van der Waals surface area contributed by atoms with E-state index in [1.165, 1.54) is 32.9 Å². The van der Waals surface area contributed by atoms with E-state index in [9.17, 15) is 4.79 Å². The summed E-state index contributed by atoms with van der Waals surface area (Å²) in [5, 5.41) is 13.5. The number of nitrogens with one attached hydrogen (secondary N) is 1. The minimum absolute atomic E-state index is 0.182. The topological polar surface area (TPSA) is 64.9 Å². The van der Waals surface area contributed by atoms with Crippen LogP contribution in [0.2, 0.25) is 0 Å². The van der Waals surface area contributed by atoms with Crippen LogP contribution in [-0.4, -0.2) is 34.5 Å². The number of hydrogen-bond donors (Lipinski definition) is 2. The Bertz CT molecular complexity index is 855. The van der Waals surface area contributed by atoms with E-state index in [2.05, 4.69) is 39.5 Å². The van der Waals surface area contributed by atoms with Gasteiger partial charge in [-0.1, -0.05) is 18.2 Å². The zero-order chi connectivity index (χ0) is 16.0. The number of aliphatic carboxylic acids is 1. The highest BCUT2D eigenvalue weighted by Gasteiger charge is 2.35. The second-order valence-electron chi connectivity index (χ2n) is 6.00. The van der Waals surface area contributed by atoms with E-state index >= 15 is 0 Å². The summed E-state index contributed by atoms with van der Waals surface area (Å²) in [6.45, 7) is 3.70. The molecule has 5 nitrogen and oxygen atoms in total. The standard InChI is InChI=1S/C17H17N3O2S/c1-17(18-8-11(9-19-17)16(21)22)20-7-6-13-12-4-2-3-5-14(12)23-15(13)10-20/h2-5,8-9,18H,6-7,10H2,1H3,(H,21,22). The predicted octanol–water partition coefficient (Wildman–Crippen LogP) is 2.58. The molecule has 0 radical (unpaired) electrons. The van der Waals surface area contributed by atoms with Crippen LogP contribution in [0.15, 0.2) is 41.0 Å². The van der Waals surface area contributed by atoms with Crippen molar-refractivity contribution in [2.24, 2.45) is 4.99 Å². The third-order valence-electron chi connectivity index (χ3n) is 4.57. The van der Waals surface area contributed by atoms with Crippen LogP contribution in [0.1, 0.15) is 17.4 Å². The Kier molecular flexibility index (Phi) is 3.25. The number of carbonyl (C=O) groups is 1. The van der Waals surface area contributed by atoms with E-state index in [0.29, 0.717) is 0 Å². The minimum Gasteiger partial charge on any atom is -0.478 e. The van der Waals surface area contributed by atoms with Crippen molar-refractivity contribution in [1.82, 2.24) is 10.2 Å². The summed E-state index contributed by atoms with van der Waals surface area (Å²) in [7, 11) is 0.